The summed E-state index contributed by atoms with van der Waals surface area (Å²) >= 11 is 6.35. The van der Waals surface area contributed by atoms with E-state index in [2.05, 4.69) is 0 Å². The molecular weight excluding hydrogens is 494 g/mol. The predicted octanol–water partition coefficient (Wildman–Crippen LogP) is 5.39. The van der Waals surface area contributed by atoms with Crippen molar-refractivity contribution in [2.75, 3.05) is 18.6 Å². The predicted molar refractivity (Wildman–Crippen MR) is 141 cm³/mol. The summed E-state index contributed by atoms with van der Waals surface area (Å²) in [6, 6.07) is 18.2. The number of aliphatic hydroxyl groups excluding tert-OH is 1. The lowest BCUT2D eigenvalue weighted by Gasteiger charge is -2.26. The Bertz CT molecular complexity index is 1380. The van der Waals surface area contributed by atoms with Crippen molar-refractivity contribution in [3.63, 3.8) is 0 Å². The number of hydrogen-bond acceptors (Lipinski definition) is 6. The zero-order valence-electron chi connectivity index (χ0n) is 20.7. The van der Waals surface area contributed by atoms with Gasteiger partial charge in [-0.15, -0.1) is 0 Å². The van der Waals surface area contributed by atoms with Crippen molar-refractivity contribution in [3.05, 3.63) is 99.6 Å². The maximum Gasteiger partial charge on any atom is 0.310 e. The van der Waals surface area contributed by atoms with Crippen LogP contribution in [-0.4, -0.2) is 36.5 Å². The molecule has 0 radical (unpaired) electrons. The summed E-state index contributed by atoms with van der Waals surface area (Å²) in [6.45, 7) is 3.82. The Labute approximate surface area is 219 Å². The second kappa shape index (κ2) is 10.9. The van der Waals surface area contributed by atoms with Crippen molar-refractivity contribution in [1.29, 1.82) is 0 Å². The third-order valence-corrected chi connectivity index (χ3v) is 6.36. The van der Waals surface area contributed by atoms with Crippen molar-refractivity contribution in [3.8, 4) is 5.75 Å². The highest BCUT2D eigenvalue weighted by Gasteiger charge is 2.47. The van der Waals surface area contributed by atoms with Gasteiger partial charge in [-0.05, 0) is 54.8 Å². The van der Waals surface area contributed by atoms with E-state index >= 15 is 0 Å². The fourth-order valence-electron chi connectivity index (χ4n) is 4.46. The number of carbonyl (C=O) groups excluding carboxylic acids is 3. The first-order valence-corrected chi connectivity index (χ1v) is 12.1. The number of nitrogens with zero attached hydrogens (tertiary/aromatic N) is 1. The Morgan fingerprint density at radius 1 is 1.05 bits per heavy atom. The van der Waals surface area contributed by atoms with Crippen LogP contribution in [0.5, 0.6) is 5.75 Å². The number of anilines is 1. The molecule has 1 unspecified atom stereocenters. The first-order valence-electron chi connectivity index (χ1n) is 11.7. The van der Waals surface area contributed by atoms with Gasteiger partial charge in [0.2, 0.25) is 0 Å². The molecule has 4 rings (SSSR count). The minimum atomic E-state index is -0.902. The molecule has 0 spiro atoms. The van der Waals surface area contributed by atoms with Crippen LogP contribution in [0.3, 0.4) is 0 Å². The number of carbonyl (C=O) groups is 3. The van der Waals surface area contributed by atoms with E-state index < -0.39 is 17.7 Å². The van der Waals surface area contributed by atoms with Crippen LogP contribution in [0, 0.1) is 6.92 Å². The first kappa shape index (κ1) is 26.0. The quantitative estimate of drug-likeness (QED) is 0.195. The van der Waals surface area contributed by atoms with Crippen molar-refractivity contribution in [2.45, 2.75) is 26.3 Å². The molecule has 0 aromatic heterocycles. The number of aryl methyl sites for hydroxylation is 1. The number of halogens is 1. The number of ketones is 1. The van der Waals surface area contributed by atoms with Crippen molar-refractivity contribution in [2.24, 2.45) is 0 Å². The standard InChI is InChI=1S/C29H26ClNO6/c1-4-37-23(32)16-18-10-12-20(13-11-18)31-25(19-8-6-5-7-9-19)24(27(34)29(31)35)26(33)21-14-17(2)15-22(30)28(21)36-3/h5-15,25,33H,4,16H2,1-3H3/b26-24+. The highest BCUT2D eigenvalue weighted by molar-refractivity contribution is 6.51. The highest BCUT2D eigenvalue weighted by Crippen LogP contribution is 2.44. The average molecular weight is 520 g/mol. The minimum absolute atomic E-state index is 0.0771. The van der Waals surface area contributed by atoms with Gasteiger partial charge < -0.3 is 14.6 Å². The molecule has 1 heterocycles. The molecular formula is C29H26ClNO6. The fourth-order valence-corrected chi connectivity index (χ4v) is 4.81. The molecule has 3 aromatic carbocycles. The Hall–Kier alpha value is -4.10. The molecule has 8 heteroatoms. The molecule has 1 atom stereocenters. The fraction of sp³-hybridized carbons (Fsp3) is 0.207. The van der Waals surface area contributed by atoms with Gasteiger partial charge in [0.05, 0.1) is 42.3 Å². The van der Waals surface area contributed by atoms with Gasteiger partial charge in [-0.2, -0.15) is 0 Å². The molecule has 0 aliphatic carbocycles. The van der Waals surface area contributed by atoms with Gasteiger partial charge in [0.1, 0.15) is 11.5 Å². The number of methoxy groups -OCH3 is 1. The number of esters is 1. The molecule has 37 heavy (non-hydrogen) atoms. The number of hydrogen-bond donors (Lipinski definition) is 1. The van der Waals surface area contributed by atoms with Crippen LogP contribution in [0.1, 0.15) is 35.2 Å². The summed E-state index contributed by atoms with van der Waals surface area (Å²) in [5.41, 5.74) is 2.67. The Balaban J connectivity index is 1.86. The minimum Gasteiger partial charge on any atom is -0.507 e. The maximum atomic E-state index is 13.4. The SMILES string of the molecule is CCOC(=O)Cc1ccc(N2C(=O)C(=O)/C(=C(/O)c3cc(C)cc(Cl)c3OC)C2c2ccccc2)cc1. The maximum absolute atomic E-state index is 13.4. The van der Waals surface area contributed by atoms with E-state index in [9.17, 15) is 19.5 Å². The Kier molecular flexibility index (Phi) is 7.64. The Morgan fingerprint density at radius 2 is 1.73 bits per heavy atom. The van der Waals surface area contributed by atoms with E-state index in [4.69, 9.17) is 21.1 Å². The van der Waals surface area contributed by atoms with E-state index in [1.807, 2.05) is 6.07 Å². The molecule has 0 bridgehead atoms. The van der Waals surface area contributed by atoms with Gasteiger partial charge >= 0.3 is 5.97 Å². The first-order chi connectivity index (χ1) is 17.8. The van der Waals surface area contributed by atoms with Crippen LogP contribution < -0.4 is 9.64 Å². The molecule has 0 saturated carbocycles. The van der Waals surface area contributed by atoms with Crippen LogP contribution in [0.2, 0.25) is 5.02 Å². The van der Waals surface area contributed by atoms with Crippen molar-refractivity contribution in [1.82, 2.24) is 0 Å². The summed E-state index contributed by atoms with van der Waals surface area (Å²) in [6.07, 6.45) is 0.0863. The molecule has 1 N–H and O–H groups in total. The lowest BCUT2D eigenvalue weighted by atomic mass is 9.94. The van der Waals surface area contributed by atoms with Crippen molar-refractivity contribution >= 4 is 40.7 Å². The zero-order chi connectivity index (χ0) is 26.7. The molecule has 190 valence electrons. The van der Waals surface area contributed by atoms with Gasteiger partial charge in [0, 0.05) is 5.69 Å². The molecule has 1 saturated heterocycles. The van der Waals surface area contributed by atoms with Gasteiger partial charge in [-0.25, -0.2) is 0 Å². The number of amides is 1. The average Bonchev–Trinajstić information content (AvgIpc) is 3.14. The van der Waals surface area contributed by atoms with Crippen LogP contribution in [-0.2, 0) is 25.5 Å². The molecule has 3 aromatic rings. The van der Waals surface area contributed by atoms with Gasteiger partial charge in [0.25, 0.3) is 11.7 Å². The number of aliphatic hydroxyl groups is 1. The summed E-state index contributed by atoms with van der Waals surface area (Å²) in [7, 11) is 1.42. The summed E-state index contributed by atoms with van der Waals surface area (Å²) in [5.74, 6) is -2.15. The third-order valence-electron chi connectivity index (χ3n) is 6.08. The summed E-state index contributed by atoms with van der Waals surface area (Å²) < 4.78 is 10.4. The summed E-state index contributed by atoms with van der Waals surface area (Å²) in [4.78, 5) is 40.0. The topological polar surface area (TPSA) is 93.1 Å². The summed E-state index contributed by atoms with van der Waals surface area (Å²) in [5, 5.41) is 11.7. The largest absolute Gasteiger partial charge is 0.507 e. The van der Waals surface area contributed by atoms with E-state index in [1.54, 1.807) is 74.5 Å². The molecule has 1 aliphatic rings. The normalized spacial score (nSPS) is 16.6. The second-order valence-electron chi connectivity index (χ2n) is 8.56. The van der Waals surface area contributed by atoms with Crippen LogP contribution >= 0.6 is 11.6 Å². The number of benzene rings is 3. The zero-order valence-corrected chi connectivity index (χ0v) is 21.4. The van der Waals surface area contributed by atoms with Gasteiger partial charge in [0.15, 0.2) is 0 Å². The Morgan fingerprint density at radius 3 is 2.35 bits per heavy atom. The van der Waals surface area contributed by atoms with Crippen LogP contribution in [0.4, 0.5) is 5.69 Å². The third kappa shape index (κ3) is 5.08. The molecule has 1 fully saturated rings. The monoisotopic (exact) mass is 519 g/mol. The number of ether oxygens (including phenoxy) is 2. The molecule has 1 aliphatic heterocycles. The lowest BCUT2D eigenvalue weighted by molar-refractivity contribution is -0.142. The van der Waals surface area contributed by atoms with E-state index in [1.165, 1.54) is 12.0 Å². The number of Topliss-reactive ketones (excluding diaryl/α,β-unsaturated/α-hetero) is 1. The molecule has 1 amide bonds. The van der Waals surface area contributed by atoms with Crippen LogP contribution in [0.25, 0.3) is 5.76 Å². The lowest BCUT2D eigenvalue weighted by Crippen LogP contribution is -2.29. The molecule has 7 nitrogen and oxygen atoms in total. The number of rotatable bonds is 7. The highest BCUT2D eigenvalue weighted by atomic mass is 35.5. The second-order valence-corrected chi connectivity index (χ2v) is 8.96. The van der Waals surface area contributed by atoms with Gasteiger partial charge in [-0.1, -0.05) is 54.1 Å². The van der Waals surface area contributed by atoms with Crippen molar-refractivity contribution < 1.29 is 29.0 Å². The van der Waals surface area contributed by atoms with Crippen LogP contribution in [0.15, 0.2) is 72.3 Å². The van der Waals surface area contributed by atoms with E-state index in [-0.39, 0.29) is 46.7 Å². The smallest absolute Gasteiger partial charge is 0.310 e. The van der Waals surface area contributed by atoms with E-state index in [0.717, 1.165) is 5.56 Å². The van der Waals surface area contributed by atoms with Gasteiger partial charge in [-0.3, -0.25) is 19.3 Å². The van der Waals surface area contributed by atoms with E-state index in [0.29, 0.717) is 16.8 Å².